The molecule has 0 saturated heterocycles. The van der Waals surface area contributed by atoms with E-state index in [-0.39, 0.29) is 43.3 Å². The fourth-order valence-corrected chi connectivity index (χ4v) is 5.84. The van der Waals surface area contributed by atoms with Gasteiger partial charge < -0.3 is 20.5 Å². The maximum atomic E-state index is 13.4. The van der Waals surface area contributed by atoms with Crippen molar-refractivity contribution in [1.82, 2.24) is 10.6 Å². The molecule has 0 bridgehead atoms. The van der Waals surface area contributed by atoms with Crippen LogP contribution in [0, 0.1) is 11.8 Å². The van der Waals surface area contributed by atoms with Crippen molar-refractivity contribution < 1.29 is 24.2 Å². The second-order valence-electron chi connectivity index (χ2n) is 11.1. The molecule has 3 rings (SSSR count). The van der Waals surface area contributed by atoms with Crippen LogP contribution in [-0.2, 0) is 25.5 Å². The van der Waals surface area contributed by atoms with Gasteiger partial charge in [0.05, 0.1) is 29.5 Å². The Kier molecular flexibility index (Phi) is 11.1. The Morgan fingerprint density at radius 2 is 1.47 bits per heavy atom. The van der Waals surface area contributed by atoms with E-state index >= 15 is 0 Å². The van der Waals surface area contributed by atoms with Crippen LogP contribution in [0.1, 0.15) is 76.2 Å². The molecule has 38 heavy (non-hydrogen) atoms. The number of carbonyl (C=O) groups excluding carboxylic acids is 3. The Morgan fingerprint density at radius 3 is 2.05 bits per heavy atom. The van der Waals surface area contributed by atoms with Gasteiger partial charge in [0, 0.05) is 6.42 Å². The van der Waals surface area contributed by atoms with E-state index in [1.54, 1.807) is 12.2 Å². The van der Waals surface area contributed by atoms with E-state index in [0.717, 1.165) is 56.9 Å². The van der Waals surface area contributed by atoms with Gasteiger partial charge in [0.1, 0.15) is 6.61 Å². The summed E-state index contributed by atoms with van der Waals surface area (Å²) < 4.78 is 5.83. The number of aliphatic hydroxyl groups is 1. The fourth-order valence-electron chi connectivity index (χ4n) is 5.84. The molecule has 7 heteroatoms. The average molecular weight is 525 g/mol. The zero-order valence-electron chi connectivity index (χ0n) is 22.6. The minimum absolute atomic E-state index is 0.0218. The molecule has 2 atom stereocenters. The number of nitrogens with one attached hydrogen (secondary N) is 2. The third-order valence-electron chi connectivity index (χ3n) is 8.07. The van der Waals surface area contributed by atoms with Crippen molar-refractivity contribution in [1.29, 1.82) is 0 Å². The fraction of sp³-hybridized carbons (Fsp3) is 0.581. The Bertz CT molecular complexity index is 948. The van der Waals surface area contributed by atoms with Crippen molar-refractivity contribution in [2.24, 2.45) is 11.8 Å². The van der Waals surface area contributed by atoms with Gasteiger partial charge >= 0.3 is 5.97 Å². The summed E-state index contributed by atoms with van der Waals surface area (Å²) in [6, 6.07) is 9.83. The van der Waals surface area contributed by atoms with E-state index in [1.165, 1.54) is 0 Å². The van der Waals surface area contributed by atoms with Crippen molar-refractivity contribution in [3.63, 3.8) is 0 Å². The number of ether oxygens (including phenoxy) is 1. The molecule has 1 aromatic carbocycles. The second kappa shape index (κ2) is 14.3. The minimum atomic E-state index is -0.633. The Balaban J connectivity index is 1.61. The molecule has 0 spiro atoms. The molecular formula is C31H44N2O5. The highest BCUT2D eigenvalue weighted by Crippen LogP contribution is 2.32. The van der Waals surface area contributed by atoms with Crippen molar-refractivity contribution >= 4 is 17.8 Å². The van der Waals surface area contributed by atoms with Crippen molar-refractivity contribution in [2.75, 3.05) is 13.2 Å². The number of hydrogen-bond acceptors (Lipinski definition) is 5. The summed E-state index contributed by atoms with van der Waals surface area (Å²) in [5, 5.41) is 16.0. The minimum Gasteiger partial charge on any atom is -0.463 e. The van der Waals surface area contributed by atoms with Crippen LogP contribution in [0.25, 0.3) is 0 Å². The molecule has 0 aliphatic heterocycles. The summed E-state index contributed by atoms with van der Waals surface area (Å²) in [7, 11) is 0. The van der Waals surface area contributed by atoms with Crippen LogP contribution in [0.2, 0.25) is 0 Å². The molecule has 3 N–H and O–H groups in total. The Morgan fingerprint density at radius 1 is 0.895 bits per heavy atom. The molecule has 0 heterocycles. The first kappa shape index (κ1) is 29.6. The van der Waals surface area contributed by atoms with E-state index in [1.807, 2.05) is 30.3 Å². The molecule has 2 aliphatic rings. The highest BCUT2D eigenvalue weighted by molar-refractivity contribution is 5.86. The van der Waals surface area contributed by atoms with Gasteiger partial charge in [0.25, 0.3) is 0 Å². The van der Waals surface area contributed by atoms with Gasteiger partial charge in [-0.05, 0) is 50.5 Å². The first-order valence-electron chi connectivity index (χ1n) is 14.0. The lowest BCUT2D eigenvalue weighted by molar-refractivity contribution is -0.151. The topological polar surface area (TPSA) is 105 Å². The third kappa shape index (κ3) is 8.29. The maximum Gasteiger partial charge on any atom is 0.309 e. The van der Waals surface area contributed by atoms with E-state index in [0.29, 0.717) is 19.3 Å². The summed E-state index contributed by atoms with van der Waals surface area (Å²) in [5.41, 5.74) is -0.146. The standard InChI is InChI=1S/C31H44N2O5/c1-3-12-25(21-27(35)32-30(22-34)16-8-9-17-30)28(36)33-31(18-10-11-19-31)23-38-29(37)26(13-4-2)20-24-14-6-5-7-15-24/h3-7,14-15,25-26,34H,1-2,8-13,16-23H2,(H,32,35)(H,33,36)/t25-,26+/m1/s1. The second-order valence-corrected chi connectivity index (χ2v) is 11.1. The van der Waals surface area contributed by atoms with E-state index in [4.69, 9.17) is 4.74 Å². The number of amides is 2. The average Bonchev–Trinajstić information content (AvgIpc) is 3.58. The van der Waals surface area contributed by atoms with Crippen molar-refractivity contribution in [2.45, 2.75) is 88.1 Å². The summed E-state index contributed by atoms with van der Waals surface area (Å²) in [6.45, 7) is 7.59. The predicted molar refractivity (Wildman–Crippen MR) is 148 cm³/mol. The summed E-state index contributed by atoms with van der Waals surface area (Å²) in [5.74, 6) is -1.67. The van der Waals surface area contributed by atoms with E-state index in [2.05, 4.69) is 23.8 Å². The van der Waals surface area contributed by atoms with Gasteiger partial charge in [0.15, 0.2) is 0 Å². The monoisotopic (exact) mass is 524 g/mol. The molecule has 7 nitrogen and oxygen atoms in total. The van der Waals surface area contributed by atoms with Crippen molar-refractivity contribution in [3.8, 4) is 0 Å². The normalized spacial score (nSPS) is 19.2. The SMILES string of the molecule is C=CC[C@H](CC(=O)NC1(CO)CCCC1)C(=O)NC1(COC(=O)[C@@H](CC=C)Cc2ccccc2)CCCC1. The Labute approximate surface area is 227 Å². The zero-order valence-corrected chi connectivity index (χ0v) is 22.6. The molecule has 0 aromatic heterocycles. The van der Waals surface area contributed by atoms with Gasteiger partial charge in [-0.1, -0.05) is 68.2 Å². The summed E-state index contributed by atoms with van der Waals surface area (Å²) >= 11 is 0. The first-order chi connectivity index (χ1) is 18.3. The zero-order chi connectivity index (χ0) is 27.4. The van der Waals surface area contributed by atoms with Gasteiger partial charge in [-0.15, -0.1) is 13.2 Å². The van der Waals surface area contributed by atoms with Crippen LogP contribution >= 0.6 is 0 Å². The third-order valence-corrected chi connectivity index (χ3v) is 8.07. The highest BCUT2D eigenvalue weighted by atomic mass is 16.5. The van der Waals surface area contributed by atoms with E-state index in [9.17, 15) is 19.5 Å². The molecule has 0 unspecified atom stereocenters. The predicted octanol–water partition coefficient (Wildman–Crippen LogP) is 4.40. The number of carbonyl (C=O) groups is 3. The van der Waals surface area contributed by atoms with Crippen LogP contribution in [0.4, 0.5) is 0 Å². The summed E-state index contributed by atoms with van der Waals surface area (Å²) in [6.07, 6.45) is 11.6. The van der Waals surface area contributed by atoms with Crippen LogP contribution in [0.3, 0.4) is 0 Å². The maximum absolute atomic E-state index is 13.4. The van der Waals surface area contributed by atoms with Crippen LogP contribution < -0.4 is 10.6 Å². The van der Waals surface area contributed by atoms with Crippen molar-refractivity contribution in [3.05, 3.63) is 61.2 Å². The molecule has 2 aliphatic carbocycles. The van der Waals surface area contributed by atoms with Gasteiger partial charge in [-0.2, -0.15) is 0 Å². The first-order valence-corrected chi connectivity index (χ1v) is 14.0. The van der Waals surface area contributed by atoms with Crippen LogP contribution in [0.5, 0.6) is 0 Å². The number of aliphatic hydroxyl groups excluding tert-OH is 1. The van der Waals surface area contributed by atoms with Gasteiger partial charge in [-0.25, -0.2) is 0 Å². The molecule has 2 amide bonds. The number of allylic oxidation sites excluding steroid dienone is 2. The number of hydrogen-bond donors (Lipinski definition) is 3. The quantitative estimate of drug-likeness (QED) is 0.233. The summed E-state index contributed by atoms with van der Waals surface area (Å²) in [4.78, 5) is 39.3. The lowest BCUT2D eigenvalue weighted by Crippen LogP contribution is -2.53. The van der Waals surface area contributed by atoms with Gasteiger partial charge in [-0.3, -0.25) is 14.4 Å². The lowest BCUT2D eigenvalue weighted by Gasteiger charge is -2.33. The lowest BCUT2D eigenvalue weighted by atomic mass is 9.93. The Hall–Kier alpha value is -2.93. The molecule has 2 fully saturated rings. The molecule has 1 aromatic rings. The number of esters is 1. The van der Waals surface area contributed by atoms with Crippen LogP contribution in [0.15, 0.2) is 55.6 Å². The molecule has 208 valence electrons. The molecule has 0 radical (unpaired) electrons. The number of benzene rings is 1. The van der Waals surface area contributed by atoms with Gasteiger partial charge in [0.2, 0.25) is 11.8 Å². The molecule has 2 saturated carbocycles. The highest BCUT2D eigenvalue weighted by Gasteiger charge is 2.40. The number of rotatable bonds is 15. The van der Waals surface area contributed by atoms with E-state index < -0.39 is 17.0 Å². The smallest absolute Gasteiger partial charge is 0.309 e. The largest absolute Gasteiger partial charge is 0.463 e. The molecular weight excluding hydrogens is 480 g/mol. The van der Waals surface area contributed by atoms with Crippen LogP contribution in [-0.4, -0.2) is 47.2 Å².